The van der Waals surface area contributed by atoms with Crippen LogP contribution in [-0.2, 0) is 4.79 Å². The molecular formula is C12H21NO3. The molecule has 1 aliphatic rings. The predicted octanol–water partition coefficient (Wildman–Crippen LogP) is 2.68. The number of carbonyl (C=O) groups excluding carboxylic acids is 1. The van der Waals surface area contributed by atoms with Crippen molar-refractivity contribution in [1.29, 1.82) is 0 Å². The molecule has 0 radical (unpaired) electrons. The molecule has 4 heteroatoms. The van der Waals surface area contributed by atoms with Crippen LogP contribution in [0.2, 0.25) is 0 Å². The van der Waals surface area contributed by atoms with Crippen LogP contribution in [0.1, 0.15) is 46.0 Å². The third kappa shape index (κ3) is 3.91. The first kappa shape index (κ1) is 13.1. The predicted molar refractivity (Wildman–Crippen MR) is 61.8 cm³/mol. The third-order valence-electron chi connectivity index (χ3n) is 3.33. The number of hydrogen-bond acceptors (Lipinski definition) is 3. The van der Waals surface area contributed by atoms with Crippen molar-refractivity contribution in [3.63, 3.8) is 0 Å². The molecule has 16 heavy (non-hydrogen) atoms. The lowest BCUT2D eigenvalue weighted by molar-refractivity contribution is -0.490. The third-order valence-corrected chi connectivity index (χ3v) is 3.33. The summed E-state index contributed by atoms with van der Waals surface area (Å²) in [5.41, 5.74) is 0. The fourth-order valence-electron chi connectivity index (χ4n) is 2.67. The maximum Gasteiger partial charge on any atom is 0.207 e. The Hall–Kier alpha value is -0.930. The number of nitrogens with zero attached hydrogens (tertiary/aromatic N) is 1. The average Bonchev–Trinajstić information content (AvgIpc) is 2.15. The molecule has 0 amide bonds. The second-order valence-corrected chi connectivity index (χ2v) is 5.22. The minimum Gasteiger partial charge on any atom is -0.299 e. The van der Waals surface area contributed by atoms with Gasteiger partial charge in [0.05, 0.1) is 0 Å². The maximum absolute atomic E-state index is 11.8. The van der Waals surface area contributed by atoms with Crippen LogP contribution in [0, 0.1) is 27.9 Å². The molecule has 0 saturated heterocycles. The smallest absolute Gasteiger partial charge is 0.207 e. The van der Waals surface area contributed by atoms with Crippen LogP contribution in [0.15, 0.2) is 0 Å². The molecule has 1 fully saturated rings. The van der Waals surface area contributed by atoms with Crippen molar-refractivity contribution < 1.29 is 9.72 Å². The Morgan fingerprint density at radius 3 is 2.62 bits per heavy atom. The quantitative estimate of drug-likeness (QED) is 0.536. The second-order valence-electron chi connectivity index (χ2n) is 5.22. The molecule has 92 valence electrons. The zero-order chi connectivity index (χ0) is 12.1. The Kier molecular flexibility index (Phi) is 4.90. The molecule has 0 N–H and O–H groups in total. The summed E-state index contributed by atoms with van der Waals surface area (Å²) < 4.78 is 0. The van der Waals surface area contributed by atoms with Crippen LogP contribution < -0.4 is 0 Å². The van der Waals surface area contributed by atoms with Gasteiger partial charge in [0.25, 0.3) is 0 Å². The monoisotopic (exact) mass is 227 g/mol. The Morgan fingerprint density at radius 2 is 2.12 bits per heavy atom. The van der Waals surface area contributed by atoms with Crippen LogP contribution in [0.5, 0.6) is 0 Å². The molecule has 2 atom stereocenters. The number of carbonyl (C=O) groups is 1. The summed E-state index contributed by atoms with van der Waals surface area (Å²) in [6.07, 6.45) is 4.27. The fourth-order valence-corrected chi connectivity index (χ4v) is 2.67. The number of ketones is 1. The second kappa shape index (κ2) is 5.97. The van der Waals surface area contributed by atoms with Gasteiger partial charge in [-0.15, -0.1) is 0 Å². The van der Waals surface area contributed by atoms with E-state index in [9.17, 15) is 14.9 Å². The van der Waals surface area contributed by atoms with Gasteiger partial charge >= 0.3 is 0 Å². The number of nitro groups is 1. The zero-order valence-electron chi connectivity index (χ0n) is 10.1. The maximum atomic E-state index is 11.8. The van der Waals surface area contributed by atoms with Gasteiger partial charge in [0.1, 0.15) is 5.78 Å². The lowest BCUT2D eigenvalue weighted by Crippen LogP contribution is -2.32. The van der Waals surface area contributed by atoms with Gasteiger partial charge in [-0.05, 0) is 25.2 Å². The van der Waals surface area contributed by atoms with Gasteiger partial charge in [-0.25, -0.2) is 0 Å². The van der Waals surface area contributed by atoms with E-state index >= 15 is 0 Å². The van der Waals surface area contributed by atoms with E-state index in [2.05, 4.69) is 13.8 Å². The first-order valence-electron chi connectivity index (χ1n) is 6.15. The van der Waals surface area contributed by atoms with Crippen molar-refractivity contribution >= 4 is 5.78 Å². The molecule has 0 aliphatic heterocycles. The first-order chi connectivity index (χ1) is 7.50. The van der Waals surface area contributed by atoms with E-state index < -0.39 is 0 Å². The van der Waals surface area contributed by atoms with Gasteiger partial charge < -0.3 is 0 Å². The van der Waals surface area contributed by atoms with Crippen LogP contribution in [0.3, 0.4) is 0 Å². The van der Waals surface area contributed by atoms with Gasteiger partial charge in [0.15, 0.2) is 0 Å². The minimum atomic E-state index is -0.269. The molecule has 0 aromatic heterocycles. The van der Waals surface area contributed by atoms with Crippen LogP contribution in [-0.4, -0.2) is 17.3 Å². The number of hydrogen-bond donors (Lipinski definition) is 0. The van der Waals surface area contributed by atoms with E-state index in [0.717, 1.165) is 25.7 Å². The van der Waals surface area contributed by atoms with Crippen LogP contribution in [0.25, 0.3) is 0 Å². The minimum absolute atomic E-state index is 0.0470. The highest BCUT2D eigenvalue weighted by Crippen LogP contribution is 2.31. The zero-order valence-corrected chi connectivity index (χ0v) is 10.1. The Morgan fingerprint density at radius 1 is 1.44 bits per heavy atom. The normalized spacial score (nSPS) is 23.4. The van der Waals surface area contributed by atoms with Crippen molar-refractivity contribution in [2.45, 2.75) is 46.0 Å². The van der Waals surface area contributed by atoms with Crippen LogP contribution in [0.4, 0.5) is 0 Å². The molecule has 0 unspecified atom stereocenters. The summed E-state index contributed by atoms with van der Waals surface area (Å²) in [6, 6.07) is 0. The van der Waals surface area contributed by atoms with Gasteiger partial charge in [-0.2, -0.15) is 0 Å². The summed E-state index contributed by atoms with van der Waals surface area (Å²) in [5.74, 6) is 0.558. The van der Waals surface area contributed by atoms with E-state index in [1.165, 1.54) is 0 Å². The number of Topliss-reactive ketones (excluding diaryl/α,β-unsaturated/α-hetero) is 1. The lowest BCUT2D eigenvalue weighted by Gasteiger charge is -2.27. The van der Waals surface area contributed by atoms with Crippen molar-refractivity contribution in [1.82, 2.24) is 0 Å². The molecule has 0 bridgehead atoms. The Bertz CT molecular complexity index is 263. The highest BCUT2D eigenvalue weighted by Gasteiger charge is 2.33. The van der Waals surface area contributed by atoms with E-state index in [1.54, 1.807) is 0 Å². The molecule has 4 nitrogen and oxygen atoms in total. The number of rotatable bonds is 5. The van der Waals surface area contributed by atoms with E-state index in [1.807, 2.05) is 0 Å². The Labute approximate surface area is 96.6 Å². The molecule has 1 saturated carbocycles. The van der Waals surface area contributed by atoms with E-state index in [0.29, 0.717) is 12.3 Å². The van der Waals surface area contributed by atoms with Gasteiger partial charge in [0.2, 0.25) is 6.54 Å². The molecule has 1 rings (SSSR count). The molecule has 0 spiro atoms. The molecule has 0 aromatic rings. The van der Waals surface area contributed by atoms with Crippen molar-refractivity contribution in [2.24, 2.45) is 17.8 Å². The van der Waals surface area contributed by atoms with E-state index in [-0.39, 0.29) is 29.1 Å². The van der Waals surface area contributed by atoms with E-state index in [4.69, 9.17) is 0 Å². The van der Waals surface area contributed by atoms with Crippen molar-refractivity contribution in [3.05, 3.63) is 10.1 Å². The summed E-state index contributed by atoms with van der Waals surface area (Å²) in [6.45, 7) is 4.06. The molecular weight excluding hydrogens is 206 g/mol. The SMILES string of the molecule is CC(C)C[C@H](C[N+](=O)[O-])[C@H]1CCCCC1=O. The van der Waals surface area contributed by atoms with Crippen molar-refractivity contribution in [3.8, 4) is 0 Å². The molecule has 1 aliphatic carbocycles. The summed E-state index contributed by atoms with van der Waals surface area (Å²) >= 11 is 0. The fraction of sp³-hybridized carbons (Fsp3) is 0.917. The first-order valence-corrected chi connectivity index (χ1v) is 6.15. The summed E-state index contributed by atoms with van der Waals surface area (Å²) in [4.78, 5) is 22.1. The van der Waals surface area contributed by atoms with Gasteiger partial charge in [-0.3, -0.25) is 14.9 Å². The van der Waals surface area contributed by atoms with Crippen molar-refractivity contribution in [2.75, 3.05) is 6.54 Å². The van der Waals surface area contributed by atoms with Crippen LogP contribution >= 0.6 is 0 Å². The van der Waals surface area contributed by atoms with Gasteiger partial charge in [-0.1, -0.05) is 20.3 Å². The lowest BCUT2D eigenvalue weighted by atomic mass is 9.76. The summed E-state index contributed by atoms with van der Waals surface area (Å²) in [7, 11) is 0. The summed E-state index contributed by atoms with van der Waals surface area (Å²) in [5, 5.41) is 10.6. The average molecular weight is 227 g/mol. The topological polar surface area (TPSA) is 60.2 Å². The molecule has 0 heterocycles. The standard InChI is InChI=1S/C12H21NO3/c1-9(2)7-10(8-13(15)16)11-5-3-4-6-12(11)14/h9-11H,3-8H2,1-2H3/t10-,11-/m1/s1. The van der Waals surface area contributed by atoms with Gasteiger partial charge in [0, 0.05) is 23.2 Å². The highest BCUT2D eigenvalue weighted by molar-refractivity contribution is 5.81. The largest absolute Gasteiger partial charge is 0.299 e. The Balaban J connectivity index is 2.65. The molecule has 0 aromatic carbocycles. The highest BCUT2D eigenvalue weighted by atomic mass is 16.6.